The van der Waals surface area contributed by atoms with E-state index in [-0.39, 0.29) is 5.78 Å². The van der Waals surface area contributed by atoms with Crippen LogP contribution in [0.1, 0.15) is 48.0 Å². The summed E-state index contributed by atoms with van der Waals surface area (Å²) in [6, 6.07) is 5.61. The van der Waals surface area contributed by atoms with Crippen LogP contribution in [-0.2, 0) is 0 Å². The molecule has 2 heteroatoms. The number of aryl methyl sites for hydroxylation is 1. The standard InChI is InChI=1S/C14H17ClO/c1-10-6-7-12(9-13(10)15)14(16)8-11-4-2-3-5-11/h6-7,9,11H,2-5,8H2,1H3. The average Bonchev–Trinajstić information content (AvgIpc) is 2.74. The van der Waals surface area contributed by atoms with Crippen molar-refractivity contribution in [2.24, 2.45) is 5.92 Å². The monoisotopic (exact) mass is 236 g/mol. The zero-order chi connectivity index (χ0) is 11.5. The number of rotatable bonds is 3. The summed E-state index contributed by atoms with van der Waals surface area (Å²) >= 11 is 6.02. The maximum absolute atomic E-state index is 12.0. The van der Waals surface area contributed by atoms with Gasteiger partial charge in [-0.1, -0.05) is 49.4 Å². The van der Waals surface area contributed by atoms with Gasteiger partial charge < -0.3 is 0 Å². The third-order valence-corrected chi connectivity index (χ3v) is 3.85. The van der Waals surface area contributed by atoms with E-state index in [0.717, 1.165) is 11.1 Å². The number of carbonyl (C=O) groups is 1. The molecule has 1 aliphatic carbocycles. The molecule has 1 nitrogen and oxygen atoms in total. The summed E-state index contributed by atoms with van der Waals surface area (Å²) in [6.45, 7) is 1.95. The first-order valence-electron chi connectivity index (χ1n) is 5.96. The highest BCUT2D eigenvalue weighted by Crippen LogP contribution is 2.29. The van der Waals surface area contributed by atoms with Gasteiger partial charge in [-0.2, -0.15) is 0 Å². The highest BCUT2D eigenvalue weighted by atomic mass is 35.5. The van der Waals surface area contributed by atoms with E-state index in [9.17, 15) is 4.79 Å². The van der Waals surface area contributed by atoms with E-state index < -0.39 is 0 Å². The fraction of sp³-hybridized carbons (Fsp3) is 0.500. The SMILES string of the molecule is Cc1ccc(C(=O)CC2CCCC2)cc1Cl. The first-order chi connectivity index (χ1) is 7.66. The highest BCUT2D eigenvalue weighted by molar-refractivity contribution is 6.31. The van der Waals surface area contributed by atoms with Crippen molar-refractivity contribution in [3.05, 3.63) is 34.3 Å². The van der Waals surface area contributed by atoms with E-state index in [4.69, 9.17) is 11.6 Å². The third kappa shape index (κ3) is 2.65. The predicted octanol–water partition coefficient (Wildman–Crippen LogP) is 4.41. The van der Waals surface area contributed by atoms with Crippen LogP contribution in [0.15, 0.2) is 18.2 Å². The Hall–Kier alpha value is -0.820. The second kappa shape index (κ2) is 5.01. The maximum atomic E-state index is 12.0. The molecule has 0 atom stereocenters. The Morgan fingerprint density at radius 1 is 1.38 bits per heavy atom. The van der Waals surface area contributed by atoms with E-state index in [2.05, 4.69) is 0 Å². The van der Waals surface area contributed by atoms with Gasteiger partial charge in [0, 0.05) is 17.0 Å². The van der Waals surface area contributed by atoms with Crippen molar-refractivity contribution in [3.8, 4) is 0 Å². The second-order valence-corrected chi connectivity index (χ2v) is 5.15. The Balaban J connectivity index is 2.05. The zero-order valence-electron chi connectivity index (χ0n) is 9.63. The average molecular weight is 237 g/mol. The van der Waals surface area contributed by atoms with Crippen molar-refractivity contribution >= 4 is 17.4 Å². The molecule has 0 aliphatic heterocycles. The summed E-state index contributed by atoms with van der Waals surface area (Å²) in [5, 5.41) is 0.692. The fourth-order valence-electron chi connectivity index (χ4n) is 2.36. The van der Waals surface area contributed by atoms with Gasteiger partial charge in [0.05, 0.1) is 0 Å². The molecule has 2 rings (SSSR count). The first kappa shape index (κ1) is 11.7. The van der Waals surface area contributed by atoms with Crippen LogP contribution in [0.25, 0.3) is 0 Å². The molecule has 0 unspecified atom stereocenters. The van der Waals surface area contributed by atoms with Crippen molar-refractivity contribution in [2.45, 2.75) is 39.0 Å². The van der Waals surface area contributed by atoms with Crippen molar-refractivity contribution in [3.63, 3.8) is 0 Å². The highest BCUT2D eigenvalue weighted by Gasteiger charge is 2.19. The number of halogens is 1. The van der Waals surface area contributed by atoms with Gasteiger partial charge in [-0.25, -0.2) is 0 Å². The number of hydrogen-bond acceptors (Lipinski definition) is 1. The van der Waals surface area contributed by atoms with Crippen molar-refractivity contribution < 1.29 is 4.79 Å². The van der Waals surface area contributed by atoms with Gasteiger partial charge >= 0.3 is 0 Å². The molecule has 1 saturated carbocycles. The van der Waals surface area contributed by atoms with Crippen molar-refractivity contribution in [1.82, 2.24) is 0 Å². The van der Waals surface area contributed by atoms with E-state index in [1.165, 1.54) is 25.7 Å². The number of Topliss-reactive ketones (excluding diaryl/α,β-unsaturated/α-hetero) is 1. The van der Waals surface area contributed by atoms with Crippen LogP contribution in [-0.4, -0.2) is 5.78 Å². The zero-order valence-corrected chi connectivity index (χ0v) is 10.4. The lowest BCUT2D eigenvalue weighted by Gasteiger charge is -2.08. The number of hydrogen-bond donors (Lipinski definition) is 0. The lowest BCUT2D eigenvalue weighted by atomic mass is 9.96. The molecule has 0 radical (unpaired) electrons. The minimum absolute atomic E-state index is 0.244. The molecule has 0 amide bonds. The summed E-state index contributed by atoms with van der Waals surface area (Å²) in [4.78, 5) is 12.0. The smallest absolute Gasteiger partial charge is 0.163 e. The largest absolute Gasteiger partial charge is 0.294 e. The quantitative estimate of drug-likeness (QED) is 0.711. The topological polar surface area (TPSA) is 17.1 Å². The molecule has 1 fully saturated rings. The number of benzene rings is 1. The van der Waals surface area contributed by atoms with Crippen LogP contribution >= 0.6 is 11.6 Å². The molecule has 0 bridgehead atoms. The lowest BCUT2D eigenvalue weighted by molar-refractivity contribution is 0.0962. The molecular formula is C14H17ClO. The molecule has 86 valence electrons. The summed E-state index contributed by atoms with van der Waals surface area (Å²) in [5.41, 5.74) is 1.79. The van der Waals surface area contributed by atoms with Gasteiger partial charge in [0.2, 0.25) is 0 Å². The number of carbonyl (C=O) groups excluding carboxylic acids is 1. The maximum Gasteiger partial charge on any atom is 0.163 e. The molecule has 0 spiro atoms. The van der Waals surface area contributed by atoms with Crippen LogP contribution in [0.5, 0.6) is 0 Å². The van der Waals surface area contributed by atoms with Gasteiger partial charge in [-0.15, -0.1) is 0 Å². The van der Waals surface area contributed by atoms with Crippen LogP contribution in [0, 0.1) is 12.8 Å². The molecule has 0 heterocycles. The van der Waals surface area contributed by atoms with Gasteiger partial charge in [0.25, 0.3) is 0 Å². The Bertz CT molecular complexity index is 392. The van der Waals surface area contributed by atoms with Crippen LogP contribution in [0.2, 0.25) is 5.02 Å². The molecule has 1 aromatic rings. The molecule has 0 aromatic heterocycles. The Morgan fingerprint density at radius 2 is 2.06 bits per heavy atom. The molecule has 1 aromatic carbocycles. The minimum atomic E-state index is 0.244. The Kier molecular flexibility index (Phi) is 3.65. The lowest BCUT2D eigenvalue weighted by Crippen LogP contribution is -2.05. The summed E-state index contributed by atoms with van der Waals surface area (Å²) in [6.07, 6.45) is 5.69. The van der Waals surface area contributed by atoms with Crippen molar-refractivity contribution in [1.29, 1.82) is 0 Å². The van der Waals surface area contributed by atoms with Crippen LogP contribution < -0.4 is 0 Å². The Morgan fingerprint density at radius 3 is 2.69 bits per heavy atom. The first-order valence-corrected chi connectivity index (χ1v) is 6.34. The molecule has 0 saturated heterocycles. The van der Waals surface area contributed by atoms with Gasteiger partial charge in [0.15, 0.2) is 5.78 Å². The van der Waals surface area contributed by atoms with E-state index in [0.29, 0.717) is 17.4 Å². The van der Waals surface area contributed by atoms with Crippen molar-refractivity contribution in [2.75, 3.05) is 0 Å². The van der Waals surface area contributed by atoms with Gasteiger partial charge in [-0.05, 0) is 24.5 Å². The molecule has 0 N–H and O–H groups in total. The van der Waals surface area contributed by atoms with Crippen LogP contribution in [0.4, 0.5) is 0 Å². The molecule has 16 heavy (non-hydrogen) atoms. The predicted molar refractivity (Wildman–Crippen MR) is 67.1 cm³/mol. The Labute approximate surface area is 102 Å². The summed E-state index contributed by atoms with van der Waals surface area (Å²) in [7, 11) is 0. The fourth-order valence-corrected chi connectivity index (χ4v) is 2.54. The summed E-state index contributed by atoms with van der Waals surface area (Å²) < 4.78 is 0. The van der Waals surface area contributed by atoms with E-state index in [1.807, 2.05) is 19.1 Å². The van der Waals surface area contributed by atoms with E-state index in [1.54, 1.807) is 6.07 Å². The molecule has 1 aliphatic rings. The van der Waals surface area contributed by atoms with E-state index >= 15 is 0 Å². The molecular weight excluding hydrogens is 220 g/mol. The van der Waals surface area contributed by atoms with Gasteiger partial charge in [0.1, 0.15) is 0 Å². The summed E-state index contributed by atoms with van der Waals surface area (Å²) in [5.74, 6) is 0.848. The van der Waals surface area contributed by atoms with Crippen LogP contribution in [0.3, 0.4) is 0 Å². The number of ketones is 1. The van der Waals surface area contributed by atoms with Gasteiger partial charge in [-0.3, -0.25) is 4.79 Å². The minimum Gasteiger partial charge on any atom is -0.294 e. The normalized spacial score (nSPS) is 16.6. The second-order valence-electron chi connectivity index (χ2n) is 4.74. The third-order valence-electron chi connectivity index (χ3n) is 3.44.